The first kappa shape index (κ1) is 25.2. The van der Waals surface area contributed by atoms with Crippen LogP contribution in [0.4, 0.5) is 0 Å². The van der Waals surface area contributed by atoms with Crippen LogP contribution in [0.3, 0.4) is 0 Å². The van der Waals surface area contributed by atoms with Crippen LogP contribution in [0.15, 0.2) is 138 Å². The smallest absolute Gasteiger partial charge is 0.161 e. The maximum absolute atomic E-state index is 6.48. The second kappa shape index (κ2) is 10.1. The highest BCUT2D eigenvalue weighted by Crippen LogP contribution is 2.39. The molecule has 6 aromatic carbocycles. The van der Waals surface area contributed by atoms with Gasteiger partial charge in [0.1, 0.15) is 11.2 Å². The molecule has 0 unspecified atom stereocenters. The summed E-state index contributed by atoms with van der Waals surface area (Å²) in [4.78, 5) is 10.2. The Labute approximate surface area is 250 Å². The van der Waals surface area contributed by atoms with E-state index in [-0.39, 0.29) is 0 Å². The molecule has 43 heavy (non-hydrogen) atoms. The Morgan fingerprint density at radius 3 is 2.07 bits per heavy atom. The van der Waals surface area contributed by atoms with Gasteiger partial charge in [-0.05, 0) is 77.6 Å². The molecule has 0 radical (unpaired) electrons. The molecule has 0 amide bonds. The molecular weight excluding hydrogens is 524 g/mol. The molecule has 8 aromatic rings. The molecule has 0 saturated heterocycles. The third kappa shape index (κ3) is 4.29. The number of aromatic nitrogens is 2. The monoisotopic (exact) mass is 552 g/mol. The Hall–Kier alpha value is -5.54. The van der Waals surface area contributed by atoms with Crippen LogP contribution in [0.2, 0.25) is 0 Å². The minimum atomic E-state index is 0.691. The van der Waals surface area contributed by atoms with Crippen LogP contribution in [0, 0.1) is 13.8 Å². The maximum atomic E-state index is 6.48. The second-order valence-electron chi connectivity index (χ2n) is 11.1. The lowest BCUT2D eigenvalue weighted by atomic mass is 9.92. The second-order valence-corrected chi connectivity index (χ2v) is 11.1. The molecule has 8 rings (SSSR count). The zero-order valence-electron chi connectivity index (χ0n) is 24.0. The topological polar surface area (TPSA) is 38.9 Å². The fourth-order valence-corrected chi connectivity index (χ4v) is 6.17. The Kier molecular flexibility index (Phi) is 5.90. The minimum absolute atomic E-state index is 0.691. The number of hydrogen-bond acceptors (Lipinski definition) is 3. The van der Waals surface area contributed by atoms with Crippen molar-refractivity contribution in [2.75, 3.05) is 0 Å². The van der Waals surface area contributed by atoms with Crippen molar-refractivity contribution in [2.45, 2.75) is 13.8 Å². The molecule has 2 heterocycles. The largest absolute Gasteiger partial charge is 0.456 e. The summed E-state index contributed by atoms with van der Waals surface area (Å²) in [5, 5.41) is 3.12. The van der Waals surface area contributed by atoms with E-state index < -0.39 is 0 Å². The number of rotatable bonds is 4. The summed E-state index contributed by atoms with van der Waals surface area (Å²) in [6.07, 6.45) is 0. The van der Waals surface area contributed by atoms with E-state index >= 15 is 0 Å². The third-order valence-electron chi connectivity index (χ3n) is 8.39. The Balaban J connectivity index is 1.29. The summed E-state index contributed by atoms with van der Waals surface area (Å²) in [6.45, 7) is 4.34. The van der Waals surface area contributed by atoms with Crippen LogP contribution in [-0.4, -0.2) is 9.97 Å². The van der Waals surface area contributed by atoms with Gasteiger partial charge in [0.05, 0.1) is 11.2 Å². The molecule has 0 N–H and O–H groups in total. The van der Waals surface area contributed by atoms with Gasteiger partial charge in [-0.15, -0.1) is 0 Å². The predicted octanol–water partition coefficient (Wildman–Crippen LogP) is 10.8. The Bertz CT molecular complexity index is 2310. The predicted molar refractivity (Wildman–Crippen MR) is 178 cm³/mol. The van der Waals surface area contributed by atoms with Crippen LogP contribution in [0.25, 0.3) is 77.7 Å². The van der Waals surface area contributed by atoms with E-state index in [1.165, 1.54) is 22.3 Å². The van der Waals surface area contributed by atoms with Gasteiger partial charge in [0.2, 0.25) is 0 Å². The highest BCUT2D eigenvalue weighted by atomic mass is 16.3. The van der Waals surface area contributed by atoms with Gasteiger partial charge in [0.25, 0.3) is 0 Å². The normalized spacial score (nSPS) is 11.5. The van der Waals surface area contributed by atoms with Crippen molar-refractivity contribution in [3.63, 3.8) is 0 Å². The summed E-state index contributed by atoms with van der Waals surface area (Å²) in [5.41, 5.74) is 12.9. The van der Waals surface area contributed by atoms with Gasteiger partial charge in [-0.2, -0.15) is 0 Å². The van der Waals surface area contributed by atoms with E-state index in [9.17, 15) is 0 Å². The van der Waals surface area contributed by atoms with Crippen molar-refractivity contribution in [1.82, 2.24) is 9.97 Å². The molecule has 0 aliphatic rings. The van der Waals surface area contributed by atoms with Gasteiger partial charge < -0.3 is 4.42 Å². The number of fused-ring (bicyclic) bond motifs is 4. The molecule has 0 spiro atoms. The maximum Gasteiger partial charge on any atom is 0.161 e. The standard InChI is InChI=1S/C40H28N2O/c1-25-11-6-7-14-30(25)34-23-28(20-19-26(34)2)29-21-22-32-37(24-29)43-36-18-10-16-33(38(32)36)40-41-35-17-9-8-15-31(35)39(42-40)27-12-4-3-5-13-27/h3-24H,1-2H3. The van der Waals surface area contributed by atoms with E-state index in [1.54, 1.807) is 0 Å². The van der Waals surface area contributed by atoms with E-state index in [1.807, 2.05) is 42.5 Å². The molecular formula is C40H28N2O. The molecule has 0 aliphatic carbocycles. The number of hydrogen-bond donors (Lipinski definition) is 0. The average Bonchev–Trinajstić information content (AvgIpc) is 3.43. The van der Waals surface area contributed by atoms with Gasteiger partial charge in [-0.1, -0.05) is 103 Å². The van der Waals surface area contributed by atoms with E-state index in [2.05, 4.69) is 105 Å². The van der Waals surface area contributed by atoms with Gasteiger partial charge in [0.15, 0.2) is 5.82 Å². The van der Waals surface area contributed by atoms with Gasteiger partial charge in [-0.25, -0.2) is 9.97 Å². The third-order valence-corrected chi connectivity index (χ3v) is 8.39. The van der Waals surface area contributed by atoms with Crippen LogP contribution in [0.5, 0.6) is 0 Å². The fourth-order valence-electron chi connectivity index (χ4n) is 6.17. The summed E-state index contributed by atoms with van der Waals surface area (Å²) < 4.78 is 6.48. The first-order valence-corrected chi connectivity index (χ1v) is 14.6. The number of nitrogens with zero attached hydrogens (tertiary/aromatic N) is 2. The molecule has 0 aliphatic heterocycles. The van der Waals surface area contributed by atoms with Crippen LogP contribution >= 0.6 is 0 Å². The van der Waals surface area contributed by atoms with E-state index in [4.69, 9.17) is 14.4 Å². The number of furan rings is 1. The number of benzene rings is 6. The highest BCUT2D eigenvalue weighted by molar-refractivity contribution is 6.13. The molecule has 2 aromatic heterocycles. The quantitative estimate of drug-likeness (QED) is 0.218. The molecule has 0 bridgehead atoms. The molecule has 3 heteroatoms. The lowest BCUT2D eigenvalue weighted by molar-refractivity contribution is 0.669. The van der Waals surface area contributed by atoms with E-state index in [0.29, 0.717) is 5.82 Å². The number of aryl methyl sites for hydroxylation is 2. The van der Waals surface area contributed by atoms with Crippen molar-refractivity contribution < 1.29 is 4.42 Å². The highest BCUT2D eigenvalue weighted by Gasteiger charge is 2.18. The Morgan fingerprint density at radius 1 is 0.465 bits per heavy atom. The minimum Gasteiger partial charge on any atom is -0.456 e. The van der Waals surface area contributed by atoms with E-state index in [0.717, 1.165) is 60.8 Å². The van der Waals surface area contributed by atoms with Gasteiger partial charge >= 0.3 is 0 Å². The molecule has 0 saturated carbocycles. The van der Waals surface area contributed by atoms with Crippen molar-refractivity contribution in [2.24, 2.45) is 0 Å². The molecule has 0 atom stereocenters. The summed E-state index contributed by atoms with van der Waals surface area (Å²) >= 11 is 0. The van der Waals surface area contributed by atoms with Gasteiger partial charge in [-0.3, -0.25) is 0 Å². The summed E-state index contributed by atoms with van der Waals surface area (Å²) in [5.74, 6) is 0.691. The first-order chi connectivity index (χ1) is 21.1. The lowest BCUT2D eigenvalue weighted by Gasteiger charge is -2.12. The lowest BCUT2D eigenvalue weighted by Crippen LogP contribution is -1.95. The fraction of sp³-hybridized carbons (Fsp3) is 0.0500. The first-order valence-electron chi connectivity index (χ1n) is 14.6. The van der Waals surface area contributed by atoms with Crippen molar-refractivity contribution in [1.29, 1.82) is 0 Å². The van der Waals surface area contributed by atoms with Crippen LogP contribution < -0.4 is 0 Å². The average molecular weight is 553 g/mol. The molecule has 0 fully saturated rings. The molecule has 204 valence electrons. The number of para-hydroxylation sites is 1. The zero-order chi connectivity index (χ0) is 28.9. The van der Waals surface area contributed by atoms with Crippen LogP contribution in [-0.2, 0) is 0 Å². The van der Waals surface area contributed by atoms with Crippen molar-refractivity contribution in [3.8, 4) is 44.9 Å². The van der Waals surface area contributed by atoms with Gasteiger partial charge in [0, 0.05) is 27.3 Å². The van der Waals surface area contributed by atoms with Crippen molar-refractivity contribution in [3.05, 3.63) is 145 Å². The molecule has 3 nitrogen and oxygen atoms in total. The SMILES string of the molecule is Cc1ccccc1-c1cc(-c2ccc3c(c2)oc2cccc(-c4nc(-c5ccccc5)c5ccccc5n4)c23)ccc1C. The summed E-state index contributed by atoms with van der Waals surface area (Å²) in [6, 6.07) is 46.5. The Morgan fingerprint density at radius 2 is 1.19 bits per heavy atom. The van der Waals surface area contributed by atoms with Crippen LogP contribution in [0.1, 0.15) is 11.1 Å². The summed E-state index contributed by atoms with van der Waals surface area (Å²) in [7, 11) is 0. The van der Waals surface area contributed by atoms with Crippen molar-refractivity contribution >= 4 is 32.8 Å². The zero-order valence-corrected chi connectivity index (χ0v) is 24.0.